The smallest absolute Gasteiger partial charge is 0.0743 e. The fourth-order valence-corrected chi connectivity index (χ4v) is 2.51. The van der Waals surface area contributed by atoms with E-state index in [0.717, 1.165) is 9.35 Å². The quantitative estimate of drug-likeness (QED) is 0.708. The van der Waals surface area contributed by atoms with Gasteiger partial charge < -0.3 is 0 Å². The lowest BCUT2D eigenvalue weighted by atomic mass is 10.2. The minimum absolute atomic E-state index is 0.505. The molecule has 1 aromatic rings. The van der Waals surface area contributed by atoms with Crippen molar-refractivity contribution in [1.29, 1.82) is 5.26 Å². The van der Waals surface area contributed by atoms with Crippen LogP contribution in [-0.4, -0.2) is 0 Å². The molecule has 52 valence electrons. The highest BCUT2D eigenvalue weighted by atomic mass is 79.9. The molecule has 0 amide bonds. The molecular formula is C7H6BrNS. The van der Waals surface area contributed by atoms with Gasteiger partial charge in [0.2, 0.25) is 0 Å². The van der Waals surface area contributed by atoms with Crippen molar-refractivity contribution >= 4 is 27.3 Å². The van der Waals surface area contributed by atoms with Gasteiger partial charge in [0.15, 0.2) is 0 Å². The summed E-state index contributed by atoms with van der Waals surface area (Å²) >= 11 is 5.06. The Kier molecular flexibility index (Phi) is 2.47. The van der Waals surface area contributed by atoms with Crippen LogP contribution >= 0.6 is 27.3 Å². The number of aryl methyl sites for hydroxylation is 1. The number of hydrogen-bond donors (Lipinski definition) is 0. The first-order valence-electron chi connectivity index (χ1n) is 2.86. The predicted octanol–water partition coefficient (Wildman–Crippen LogP) is 2.89. The SMILES string of the molecule is Cc1cc(CC#N)c(Br)s1. The van der Waals surface area contributed by atoms with Gasteiger partial charge in [0.05, 0.1) is 16.3 Å². The average molecular weight is 216 g/mol. The Bertz CT molecular complexity index is 272. The first-order valence-corrected chi connectivity index (χ1v) is 4.46. The van der Waals surface area contributed by atoms with Crippen LogP contribution in [0.2, 0.25) is 0 Å². The summed E-state index contributed by atoms with van der Waals surface area (Å²) in [6.45, 7) is 2.04. The highest BCUT2D eigenvalue weighted by Crippen LogP contribution is 2.27. The summed E-state index contributed by atoms with van der Waals surface area (Å²) in [5, 5.41) is 8.39. The zero-order valence-electron chi connectivity index (χ0n) is 5.52. The van der Waals surface area contributed by atoms with Gasteiger partial charge in [-0.3, -0.25) is 0 Å². The third kappa shape index (κ3) is 1.59. The lowest BCUT2D eigenvalue weighted by Gasteiger charge is -1.84. The lowest BCUT2D eigenvalue weighted by molar-refractivity contribution is 1.27. The molecule has 0 atom stereocenters. The molecule has 0 N–H and O–H groups in total. The van der Waals surface area contributed by atoms with Crippen LogP contribution in [0.25, 0.3) is 0 Å². The maximum atomic E-state index is 8.39. The van der Waals surface area contributed by atoms with Gasteiger partial charge in [-0.15, -0.1) is 11.3 Å². The van der Waals surface area contributed by atoms with Gasteiger partial charge in [0, 0.05) is 4.88 Å². The second-order valence-electron chi connectivity index (χ2n) is 1.99. The zero-order chi connectivity index (χ0) is 7.56. The summed E-state index contributed by atoms with van der Waals surface area (Å²) in [5.41, 5.74) is 1.10. The molecule has 10 heavy (non-hydrogen) atoms. The largest absolute Gasteiger partial charge is 0.198 e. The van der Waals surface area contributed by atoms with E-state index >= 15 is 0 Å². The highest BCUT2D eigenvalue weighted by molar-refractivity contribution is 9.11. The first kappa shape index (κ1) is 7.77. The number of halogens is 1. The van der Waals surface area contributed by atoms with E-state index in [2.05, 4.69) is 22.0 Å². The molecule has 0 aliphatic carbocycles. The van der Waals surface area contributed by atoms with E-state index < -0.39 is 0 Å². The second-order valence-corrected chi connectivity index (χ2v) is 4.57. The van der Waals surface area contributed by atoms with Crippen molar-refractivity contribution in [3.63, 3.8) is 0 Å². The summed E-state index contributed by atoms with van der Waals surface area (Å²) in [5.74, 6) is 0. The highest BCUT2D eigenvalue weighted by Gasteiger charge is 2.01. The summed E-state index contributed by atoms with van der Waals surface area (Å²) < 4.78 is 1.09. The van der Waals surface area contributed by atoms with E-state index in [1.54, 1.807) is 11.3 Å². The molecule has 0 fully saturated rings. The van der Waals surface area contributed by atoms with Gasteiger partial charge in [-0.05, 0) is 34.5 Å². The van der Waals surface area contributed by atoms with Crippen LogP contribution < -0.4 is 0 Å². The van der Waals surface area contributed by atoms with E-state index in [1.807, 2.05) is 13.0 Å². The molecule has 0 spiro atoms. The number of nitrogens with zero attached hydrogens (tertiary/aromatic N) is 1. The van der Waals surface area contributed by atoms with Crippen molar-refractivity contribution in [1.82, 2.24) is 0 Å². The predicted molar refractivity (Wildman–Crippen MR) is 46.1 cm³/mol. The van der Waals surface area contributed by atoms with Crippen molar-refractivity contribution in [3.8, 4) is 6.07 Å². The van der Waals surface area contributed by atoms with Gasteiger partial charge in [-0.2, -0.15) is 5.26 Å². The van der Waals surface area contributed by atoms with Gasteiger partial charge in [0.1, 0.15) is 0 Å². The Labute approximate surface area is 72.4 Å². The topological polar surface area (TPSA) is 23.8 Å². The van der Waals surface area contributed by atoms with Crippen molar-refractivity contribution < 1.29 is 0 Å². The van der Waals surface area contributed by atoms with Crippen LogP contribution in [0, 0.1) is 18.3 Å². The van der Waals surface area contributed by atoms with Gasteiger partial charge in [-0.1, -0.05) is 0 Å². The normalized spacial score (nSPS) is 9.30. The number of thiophene rings is 1. The summed E-state index contributed by atoms with van der Waals surface area (Å²) in [7, 11) is 0. The third-order valence-electron chi connectivity index (χ3n) is 1.15. The van der Waals surface area contributed by atoms with Gasteiger partial charge >= 0.3 is 0 Å². The zero-order valence-corrected chi connectivity index (χ0v) is 7.92. The Morgan fingerprint density at radius 3 is 2.90 bits per heavy atom. The molecule has 0 saturated heterocycles. The van der Waals surface area contributed by atoms with Crippen molar-refractivity contribution in [2.45, 2.75) is 13.3 Å². The fourth-order valence-electron chi connectivity index (χ4n) is 0.744. The Morgan fingerprint density at radius 2 is 2.50 bits per heavy atom. The number of hydrogen-bond acceptors (Lipinski definition) is 2. The summed E-state index contributed by atoms with van der Waals surface area (Å²) in [4.78, 5) is 1.25. The van der Waals surface area contributed by atoms with Crippen LogP contribution in [0.1, 0.15) is 10.4 Å². The molecule has 1 rings (SSSR count). The number of rotatable bonds is 1. The second kappa shape index (κ2) is 3.18. The molecule has 0 saturated carbocycles. The molecule has 0 radical (unpaired) electrons. The van der Waals surface area contributed by atoms with Crippen LogP contribution in [0.15, 0.2) is 9.85 Å². The summed E-state index contributed by atoms with van der Waals surface area (Å²) in [6.07, 6.45) is 0.505. The van der Waals surface area contributed by atoms with Crippen molar-refractivity contribution in [2.24, 2.45) is 0 Å². The standard InChI is InChI=1S/C7H6BrNS/c1-5-4-6(2-3-9)7(8)10-5/h4H,2H2,1H3. The van der Waals surface area contributed by atoms with E-state index in [1.165, 1.54) is 4.88 Å². The first-order chi connectivity index (χ1) is 4.74. The fraction of sp³-hybridized carbons (Fsp3) is 0.286. The van der Waals surface area contributed by atoms with E-state index in [4.69, 9.17) is 5.26 Å². The molecule has 0 aromatic carbocycles. The van der Waals surface area contributed by atoms with Crippen LogP contribution in [-0.2, 0) is 6.42 Å². The lowest BCUT2D eigenvalue weighted by Crippen LogP contribution is -1.74. The maximum absolute atomic E-state index is 8.39. The Balaban J connectivity index is 2.94. The molecule has 3 heteroatoms. The van der Waals surface area contributed by atoms with Crippen molar-refractivity contribution in [3.05, 3.63) is 20.3 Å². The summed E-state index contributed by atoms with van der Waals surface area (Å²) in [6, 6.07) is 4.15. The monoisotopic (exact) mass is 215 g/mol. The Hall–Kier alpha value is -0.330. The minimum Gasteiger partial charge on any atom is -0.198 e. The molecule has 0 unspecified atom stereocenters. The van der Waals surface area contributed by atoms with E-state index in [0.29, 0.717) is 6.42 Å². The number of nitriles is 1. The molecule has 0 aliphatic heterocycles. The van der Waals surface area contributed by atoms with E-state index in [9.17, 15) is 0 Å². The Morgan fingerprint density at radius 1 is 1.80 bits per heavy atom. The molecule has 0 bridgehead atoms. The van der Waals surface area contributed by atoms with Crippen LogP contribution in [0.3, 0.4) is 0 Å². The average Bonchev–Trinajstić information content (AvgIpc) is 2.13. The van der Waals surface area contributed by atoms with Gasteiger partial charge in [0.25, 0.3) is 0 Å². The van der Waals surface area contributed by atoms with E-state index in [-0.39, 0.29) is 0 Å². The van der Waals surface area contributed by atoms with Crippen molar-refractivity contribution in [2.75, 3.05) is 0 Å². The van der Waals surface area contributed by atoms with Gasteiger partial charge in [-0.25, -0.2) is 0 Å². The molecule has 0 aliphatic rings. The van der Waals surface area contributed by atoms with Crippen LogP contribution in [0.4, 0.5) is 0 Å². The third-order valence-corrected chi connectivity index (χ3v) is 3.03. The molecule has 1 nitrogen and oxygen atoms in total. The minimum atomic E-state index is 0.505. The molecule has 1 heterocycles. The molecule has 1 aromatic heterocycles. The maximum Gasteiger partial charge on any atom is 0.0743 e. The van der Waals surface area contributed by atoms with Crippen LogP contribution in [0.5, 0.6) is 0 Å². The molecular weight excluding hydrogens is 210 g/mol.